The van der Waals surface area contributed by atoms with Gasteiger partial charge in [0.1, 0.15) is 24.5 Å². The summed E-state index contributed by atoms with van der Waals surface area (Å²) in [5.74, 6) is -0.531. The van der Waals surface area contributed by atoms with E-state index in [9.17, 15) is 18.9 Å². The average molecular weight is 486 g/mol. The average Bonchev–Trinajstić information content (AvgIpc) is 3.33. The van der Waals surface area contributed by atoms with Crippen LogP contribution in [0.3, 0.4) is 0 Å². The number of ether oxygens (including phenoxy) is 2. The molecule has 12 heteroatoms. The zero-order chi connectivity index (χ0) is 23.8. The summed E-state index contributed by atoms with van der Waals surface area (Å²) >= 11 is 0. The highest BCUT2D eigenvalue weighted by Crippen LogP contribution is 2.60. The molecule has 1 N–H and O–H groups in total. The molecule has 4 rings (SSSR count). The lowest BCUT2D eigenvalue weighted by Crippen LogP contribution is -2.42. The van der Waals surface area contributed by atoms with Gasteiger partial charge in [-0.2, -0.15) is 0 Å². The molecule has 3 heterocycles. The quantitative estimate of drug-likeness (QED) is 0.455. The Morgan fingerprint density at radius 1 is 1.33 bits per heavy atom. The number of esters is 1. The first-order valence-electron chi connectivity index (χ1n) is 11.3. The predicted molar refractivity (Wildman–Crippen MR) is 116 cm³/mol. The van der Waals surface area contributed by atoms with Gasteiger partial charge in [0.15, 0.2) is 0 Å². The summed E-state index contributed by atoms with van der Waals surface area (Å²) in [5.41, 5.74) is -1.91. The number of H-pyrrole nitrogens is 1. The highest BCUT2D eigenvalue weighted by Gasteiger charge is 2.58. The molecule has 0 amide bonds. The Hall–Kier alpha value is -1.78. The maximum atomic E-state index is 13.1. The van der Waals surface area contributed by atoms with Gasteiger partial charge in [-0.25, -0.2) is 9.36 Å². The van der Waals surface area contributed by atoms with Crippen LogP contribution in [0.4, 0.5) is 0 Å². The highest BCUT2D eigenvalue weighted by molar-refractivity contribution is 7.48. The molecule has 0 bridgehead atoms. The maximum absolute atomic E-state index is 13.1. The molecule has 33 heavy (non-hydrogen) atoms. The van der Waals surface area contributed by atoms with Gasteiger partial charge in [-0.05, 0) is 31.6 Å². The van der Waals surface area contributed by atoms with Crippen molar-refractivity contribution in [2.24, 2.45) is 11.3 Å². The molecule has 0 radical (unpaired) electrons. The number of nitrogens with zero attached hydrogens (tertiary/aromatic N) is 1. The van der Waals surface area contributed by atoms with Gasteiger partial charge >= 0.3 is 19.5 Å². The van der Waals surface area contributed by atoms with Crippen LogP contribution in [0, 0.1) is 11.3 Å². The van der Waals surface area contributed by atoms with Gasteiger partial charge in [-0.15, -0.1) is 0 Å². The monoisotopic (exact) mass is 486 g/mol. The molecule has 1 aromatic heterocycles. The van der Waals surface area contributed by atoms with Crippen LogP contribution in [0.5, 0.6) is 0 Å². The predicted octanol–water partition coefficient (Wildman–Crippen LogP) is 2.51. The van der Waals surface area contributed by atoms with Gasteiger partial charge in [-0.1, -0.05) is 20.8 Å². The zero-order valence-electron chi connectivity index (χ0n) is 19.1. The molecule has 3 aliphatic rings. The van der Waals surface area contributed by atoms with E-state index in [0.717, 1.165) is 25.7 Å². The second-order valence-corrected chi connectivity index (χ2v) is 11.3. The molecule has 3 fully saturated rings. The lowest BCUT2D eigenvalue weighted by molar-refractivity contribution is -0.150. The summed E-state index contributed by atoms with van der Waals surface area (Å²) in [7, 11) is -3.90. The van der Waals surface area contributed by atoms with Crippen molar-refractivity contribution in [3.8, 4) is 0 Å². The maximum Gasteiger partial charge on any atom is 0.475 e. The number of carbonyl (C=O) groups is 1. The van der Waals surface area contributed by atoms with Crippen molar-refractivity contribution in [1.82, 2.24) is 9.55 Å². The molecule has 2 unspecified atom stereocenters. The van der Waals surface area contributed by atoms with Crippen LogP contribution in [0.25, 0.3) is 0 Å². The SMILES string of the molecule is CC(COP1(=O)OC[C@H]2O[C@@H](n3ccc(=O)[nH]c3=O)C(C)(C)[C@@H]2O1)CC(=O)OC1CCCC1. The third-order valence-electron chi connectivity index (χ3n) is 6.39. The van der Waals surface area contributed by atoms with Crippen molar-refractivity contribution in [2.75, 3.05) is 13.2 Å². The van der Waals surface area contributed by atoms with Crippen LogP contribution < -0.4 is 11.2 Å². The first kappa shape index (κ1) is 24.3. The van der Waals surface area contributed by atoms with Crippen LogP contribution in [0.2, 0.25) is 0 Å². The van der Waals surface area contributed by atoms with Crippen molar-refractivity contribution in [1.29, 1.82) is 0 Å². The normalized spacial score (nSPS) is 32.4. The Morgan fingerprint density at radius 2 is 2.06 bits per heavy atom. The summed E-state index contributed by atoms with van der Waals surface area (Å²) < 4.78 is 42.5. The number of hydrogen-bond donors (Lipinski definition) is 1. The number of aromatic amines is 1. The van der Waals surface area contributed by atoms with Gasteiger partial charge < -0.3 is 9.47 Å². The number of rotatable bonds is 7. The molecule has 5 atom stereocenters. The summed E-state index contributed by atoms with van der Waals surface area (Å²) in [6, 6.07) is 1.23. The van der Waals surface area contributed by atoms with E-state index in [1.807, 2.05) is 13.8 Å². The minimum Gasteiger partial charge on any atom is -0.462 e. The van der Waals surface area contributed by atoms with E-state index >= 15 is 0 Å². The number of carbonyl (C=O) groups excluding carboxylic acids is 1. The van der Waals surface area contributed by atoms with E-state index in [4.69, 9.17) is 23.0 Å². The molecule has 1 aliphatic carbocycles. The molecule has 2 aliphatic heterocycles. The van der Waals surface area contributed by atoms with Gasteiger partial charge in [0.25, 0.3) is 5.56 Å². The minimum atomic E-state index is -3.90. The van der Waals surface area contributed by atoms with Crippen LogP contribution >= 0.6 is 7.82 Å². The molecule has 11 nitrogen and oxygen atoms in total. The van der Waals surface area contributed by atoms with Crippen LogP contribution in [-0.4, -0.2) is 47.0 Å². The Kier molecular flexibility index (Phi) is 6.98. The summed E-state index contributed by atoms with van der Waals surface area (Å²) in [5, 5.41) is 0. The number of nitrogens with one attached hydrogen (secondary N) is 1. The summed E-state index contributed by atoms with van der Waals surface area (Å²) in [6.07, 6.45) is 3.44. The molecule has 184 valence electrons. The lowest BCUT2D eigenvalue weighted by Gasteiger charge is -2.36. The molecular formula is C21H31N2O9P. The Morgan fingerprint density at radius 3 is 2.76 bits per heavy atom. The van der Waals surface area contributed by atoms with Gasteiger partial charge in [0.2, 0.25) is 0 Å². The third kappa shape index (κ3) is 5.33. The van der Waals surface area contributed by atoms with Crippen LogP contribution in [0.1, 0.15) is 59.1 Å². The van der Waals surface area contributed by atoms with Crippen LogP contribution in [-0.2, 0) is 32.4 Å². The van der Waals surface area contributed by atoms with E-state index in [-0.39, 0.29) is 37.6 Å². The van der Waals surface area contributed by atoms with Gasteiger partial charge in [0, 0.05) is 17.7 Å². The van der Waals surface area contributed by atoms with Gasteiger partial charge in [-0.3, -0.25) is 32.7 Å². The fourth-order valence-corrected chi connectivity index (χ4v) is 6.25. The van der Waals surface area contributed by atoms with Crippen molar-refractivity contribution in [3.05, 3.63) is 33.1 Å². The summed E-state index contributed by atoms with van der Waals surface area (Å²) in [4.78, 5) is 38.0. The van der Waals surface area contributed by atoms with Crippen molar-refractivity contribution in [3.63, 3.8) is 0 Å². The first-order valence-corrected chi connectivity index (χ1v) is 12.8. The fourth-order valence-electron chi connectivity index (χ4n) is 4.60. The van der Waals surface area contributed by atoms with Crippen molar-refractivity contribution < 1.29 is 32.4 Å². The van der Waals surface area contributed by atoms with Crippen molar-refractivity contribution >= 4 is 13.8 Å². The lowest BCUT2D eigenvalue weighted by atomic mass is 9.84. The first-order chi connectivity index (χ1) is 15.6. The number of hydrogen-bond acceptors (Lipinski definition) is 9. The molecule has 0 aromatic carbocycles. The second kappa shape index (κ2) is 9.46. The molecule has 0 spiro atoms. The number of phosphoric acid groups is 1. The minimum absolute atomic E-state index is 0.00146. The Labute approximate surface area is 191 Å². The molecular weight excluding hydrogens is 455 g/mol. The van der Waals surface area contributed by atoms with E-state index in [2.05, 4.69) is 4.98 Å². The zero-order valence-corrected chi connectivity index (χ0v) is 20.0. The molecule has 2 saturated heterocycles. The molecule has 1 aromatic rings. The fraction of sp³-hybridized carbons (Fsp3) is 0.762. The second-order valence-electron chi connectivity index (χ2n) is 9.64. The smallest absolute Gasteiger partial charge is 0.462 e. The largest absolute Gasteiger partial charge is 0.475 e. The Balaban J connectivity index is 1.35. The number of aromatic nitrogens is 2. The summed E-state index contributed by atoms with van der Waals surface area (Å²) in [6.45, 7) is 5.39. The van der Waals surface area contributed by atoms with Crippen LogP contribution in [0.15, 0.2) is 21.9 Å². The van der Waals surface area contributed by atoms with E-state index in [1.165, 1.54) is 16.8 Å². The number of phosphoric ester groups is 1. The molecule has 1 saturated carbocycles. The third-order valence-corrected chi connectivity index (χ3v) is 7.80. The Bertz CT molecular complexity index is 1030. The standard InChI is InChI=1S/C21H31N2O9P/c1-13(10-17(25)30-14-6-4-5-7-14)11-28-33(27)29-12-15-18(32-33)21(2,3)19(31-15)23-9-8-16(24)22-20(23)26/h8-9,13-15,18-19H,4-7,10-12H2,1-3H3,(H,22,24,26)/t13?,15-,18-,19-,33?/m1/s1. The highest BCUT2D eigenvalue weighted by atomic mass is 31.2. The van der Waals surface area contributed by atoms with Crippen molar-refractivity contribution in [2.45, 2.75) is 77.4 Å². The number of fused-ring (bicyclic) bond motifs is 1. The van der Waals surface area contributed by atoms with E-state index in [0.29, 0.717) is 0 Å². The topological polar surface area (TPSA) is 135 Å². The van der Waals surface area contributed by atoms with Gasteiger partial charge in [0.05, 0.1) is 19.6 Å². The van der Waals surface area contributed by atoms with E-state index < -0.39 is 42.9 Å². The van der Waals surface area contributed by atoms with E-state index in [1.54, 1.807) is 6.92 Å².